The van der Waals surface area contributed by atoms with E-state index in [0.717, 1.165) is 21.5 Å². The Kier molecular flexibility index (Phi) is 5.82. The second kappa shape index (κ2) is 7.51. The average molecular weight is 385 g/mol. The van der Waals surface area contributed by atoms with Crippen LogP contribution >= 0.6 is 11.6 Å². The van der Waals surface area contributed by atoms with Gasteiger partial charge in [0.1, 0.15) is 5.82 Å². The first-order chi connectivity index (χ1) is 11.6. The van der Waals surface area contributed by atoms with Crippen LogP contribution in [0.3, 0.4) is 0 Å². The van der Waals surface area contributed by atoms with Gasteiger partial charge in [0.15, 0.2) is 0 Å². The predicted molar refractivity (Wildman–Crippen MR) is 95.8 cm³/mol. The molecule has 0 fully saturated rings. The Bertz CT molecular complexity index is 916. The third-order valence-electron chi connectivity index (χ3n) is 3.76. The highest BCUT2D eigenvalue weighted by Gasteiger charge is 2.23. The van der Waals surface area contributed by atoms with Crippen molar-refractivity contribution >= 4 is 33.2 Å². The molecular formula is C17H18ClFN2O3S. The summed E-state index contributed by atoms with van der Waals surface area (Å²) < 4.78 is 39.4. The monoisotopic (exact) mass is 384 g/mol. The maximum absolute atomic E-state index is 13.4. The molecule has 0 unspecified atom stereocenters. The molecule has 0 atom stereocenters. The number of likely N-dealkylation sites (N-methyl/N-ethyl adjacent to an activating group) is 1. The molecule has 1 amide bonds. The molecule has 134 valence electrons. The van der Waals surface area contributed by atoms with Crippen LogP contribution in [-0.4, -0.2) is 32.2 Å². The van der Waals surface area contributed by atoms with Crippen molar-refractivity contribution in [1.29, 1.82) is 0 Å². The highest BCUT2D eigenvalue weighted by atomic mass is 35.5. The van der Waals surface area contributed by atoms with E-state index in [1.807, 2.05) is 13.8 Å². The van der Waals surface area contributed by atoms with Crippen molar-refractivity contribution < 1.29 is 17.6 Å². The Morgan fingerprint density at radius 3 is 2.44 bits per heavy atom. The maximum Gasteiger partial charge on any atom is 0.243 e. The van der Waals surface area contributed by atoms with Crippen molar-refractivity contribution in [2.45, 2.75) is 18.7 Å². The Hall–Kier alpha value is -1.96. The minimum atomic E-state index is -3.80. The standard InChI is InChI=1S/C17H18ClFN2O3S/c1-11-4-6-14(8-12(11)2)25(23,24)21(3)10-17(22)20-13-5-7-15(18)16(19)9-13/h4-9H,10H2,1-3H3,(H,20,22). The zero-order valence-electron chi connectivity index (χ0n) is 14.0. The number of carbonyl (C=O) groups is 1. The van der Waals surface area contributed by atoms with Gasteiger partial charge in [-0.2, -0.15) is 4.31 Å². The number of rotatable bonds is 5. The summed E-state index contributed by atoms with van der Waals surface area (Å²) in [4.78, 5) is 12.2. The molecule has 0 aliphatic carbocycles. The number of sulfonamides is 1. The zero-order chi connectivity index (χ0) is 18.8. The smallest absolute Gasteiger partial charge is 0.243 e. The minimum Gasteiger partial charge on any atom is -0.325 e. The van der Waals surface area contributed by atoms with Gasteiger partial charge < -0.3 is 5.32 Å². The number of nitrogens with zero attached hydrogens (tertiary/aromatic N) is 1. The van der Waals surface area contributed by atoms with E-state index < -0.39 is 28.3 Å². The van der Waals surface area contributed by atoms with Crippen LogP contribution in [-0.2, 0) is 14.8 Å². The number of aryl methyl sites for hydroxylation is 2. The largest absolute Gasteiger partial charge is 0.325 e. The highest BCUT2D eigenvalue weighted by Crippen LogP contribution is 2.20. The molecule has 0 aliphatic rings. The molecule has 2 rings (SSSR count). The number of benzene rings is 2. The second-order valence-electron chi connectivity index (χ2n) is 5.68. The number of hydrogen-bond donors (Lipinski definition) is 1. The van der Waals surface area contributed by atoms with E-state index in [1.165, 1.54) is 25.2 Å². The molecule has 8 heteroatoms. The molecule has 2 aromatic rings. The quantitative estimate of drug-likeness (QED) is 0.859. The Balaban J connectivity index is 2.11. The summed E-state index contributed by atoms with van der Waals surface area (Å²) >= 11 is 5.58. The number of anilines is 1. The fourth-order valence-electron chi connectivity index (χ4n) is 2.12. The van der Waals surface area contributed by atoms with Gasteiger partial charge in [0.25, 0.3) is 0 Å². The number of amides is 1. The fourth-order valence-corrected chi connectivity index (χ4v) is 3.45. The van der Waals surface area contributed by atoms with Gasteiger partial charge in [0.2, 0.25) is 15.9 Å². The molecule has 5 nitrogen and oxygen atoms in total. The van der Waals surface area contributed by atoms with Crippen molar-refractivity contribution in [2.24, 2.45) is 0 Å². The van der Waals surface area contributed by atoms with Crippen molar-refractivity contribution in [2.75, 3.05) is 18.9 Å². The summed E-state index contributed by atoms with van der Waals surface area (Å²) in [5.74, 6) is -1.26. The van der Waals surface area contributed by atoms with Crippen LogP contribution in [0.2, 0.25) is 5.02 Å². The van der Waals surface area contributed by atoms with Crippen LogP contribution in [0, 0.1) is 19.7 Å². The third kappa shape index (κ3) is 4.56. The first-order valence-corrected chi connectivity index (χ1v) is 9.21. The molecule has 1 N–H and O–H groups in total. The molecule has 0 aromatic heterocycles. The van der Waals surface area contributed by atoms with Crippen LogP contribution in [0.1, 0.15) is 11.1 Å². The molecule has 0 radical (unpaired) electrons. The van der Waals surface area contributed by atoms with Gasteiger partial charge in [0.05, 0.1) is 16.5 Å². The number of hydrogen-bond acceptors (Lipinski definition) is 3. The number of carbonyl (C=O) groups excluding carboxylic acids is 1. The van der Waals surface area contributed by atoms with Gasteiger partial charge in [-0.1, -0.05) is 17.7 Å². The first-order valence-electron chi connectivity index (χ1n) is 7.40. The normalized spacial score (nSPS) is 11.6. The van der Waals surface area contributed by atoms with E-state index >= 15 is 0 Å². The highest BCUT2D eigenvalue weighted by molar-refractivity contribution is 7.89. The van der Waals surface area contributed by atoms with Crippen LogP contribution < -0.4 is 5.32 Å². The van der Waals surface area contributed by atoms with E-state index in [9.17, 15) is 17.6 Å². The zero-order valence-corrected chi connectivity index (χ0v) is 15.6. The molecule has 0 saturated carbocycles. The number of nitrogens with one attached hydrogen (secondary N) is 1. The lowest BCUT2D eigenvalue weighted by molar-refractivity contribution is -0.116. The minimum absolute atomic E-state index is 0.0626. The van der Waals surface area contributed by atoms with Gasteiger partial charge in [-0.15, -0.1) is 0 Å². The van der Waals surface area contributed by atoms with Crippen LogP contribution in [0.4, 0.5) is 10.1 Å². The Morgan fingerprint density at radius 2 is 1.84 bits per heavy atom. The maximum atomic E-state index is 13.4. The summed E-state index contributed by atoms with van der Waals surface area (Å²) in [5.41, 5.74) is 2.02. The molecule has 0 saturated heterocycles. The lowest BCUT2D eigenvalue weighted by Crippen LogP contribution is -2.35. The van der Waals surface area contributed by atoms with Gasteiger partial charge in [-0.3, -0.25) is 4.79 Å². The second-order valence-corrected chi connectivity index (χ2v) is 8.14. The van der Waals surface area contributed by atoms with Crippen molar-refractivity contribution in [1.82, 2.24) is 4.31 Å². The van der Waals surface area contributed by atoms with Gasteiger partial charge in [0, 0.05) is 12.7 Å². The molecule has 25 heavy (non-hydrogen) atoms. The molecule has 0 aliphatic heterocycles. The van der Waals surface area contributed by atoms with E-state index in [0.29, 0.717) is 0 Å². The summed E-state index contributed by atoms with van der Waals surface area (Å²) in [6.45, 7) is 3.30. The van der Waals surface area contributed by atoms with Crippen molar-refractivity contribution in [3.8, 4) is 0 Å². The van der Waals surface area contributed by atoms with Gasteiger partial charge in [-0.25, -0.2) is 12.8 Å². The van der Waals surface area contributed by atoms with Crippen LogP contribution in [0.25, 0.3) is 0 Å². The van der Waals surface area contributed by atoms with Gasteiger partial charge >= 0.3 is 0 Å². The molecule has 0 spiro atoms. The average Bonchev–Trinajstić information content (AvgIpc) is 2.53. The van der Waals surface area contributed by atoms with Crippen molar-refractivity contribution in [3.63, 3.8) is 0 Å². The Labute approximate surface area is 151 Å². The van der Waals surface area contributed by atoms with E-state index in [1.54, 1.807) is 12.1 Å². The summed E-state index contributed by atoms with van der Waals surface area (Å²) in [5, 5.41) is 2.38. The number of halogens is 2. The third-order valence-corrected chi connectivity index (χ3v) is 5.86. The molecule has 0 bridgehead atoms. The topological polar surface area (TPSA) is 66.5 Å². The SMILES string of the molecule is Cc1ccc(S(=O)(=O)N(C)CC(=O)Nc2ccc(Cl)c(F)c2)cc1C. The van der Waals surface area contributed by atoms with Crippen LogP contribution in [0.15, 0.2) is 41.3 Å². The Morgan fingerprint density at radius 1 is 1.16 bits per heavy atom. The lowest BCUT2D eigenvalue weighted by Gasteiger charge is -2.17. The van der Waals surface area contributed by atoms with Crippen molar-refractivity contribution in [3.05, 3.63) is 58.4 Å². The fraction of sp³-hybridized carbons (Fsp3) is 0.235. The predicted octanol–water partition coefficient (Wildman–Crippen LogP) is 3.36. The van der Waals surface area contributed by atoms with E-state index in [4.69, 9.17) is 11.6 Å². The molecular weight excluding hydrogens is 367 g/mol. The summed E-state index contributed by atoms with van der Waals surface area (Å²) in [6, 6.07) is 8.59. The molecule has 2 aromatic carbocycles. The first kappa shape index (κ1) is 19.4. The van der Waals surface area contributed by atoms with Crippen LogP contribution in [0.5, 0.6) is 0 Å². The van der Waals surface area contributed by atoms with E-state index in [-0.39, 0.29) is 15.6 Å². The van der Waals surface area contributed by atoms with E-state index in [2.05, 4.69) is 5.32 Å². The van der Waals surface area contributed by atoms with Gasteiger partial charge in [-0.05, 0) is 55.3 Å². The summed E-state index contributed by atoms with van der Waals surface area (Å²) in [6.07, 6.45) is 0. The lowest BCUT2D eigenvalue weighted by atomic mass is 10.1. The summed E-state index contributed by atoms with van der Waals surface area (Å²) in [7, 11) is -2.49. The molecule has 0 heterocycles.